The van der Waals surface area contributed by atoms with Crippen molar-refractivity contribution in [3.8, 4) is 0 Å². The van der Waals surface area contributed by atoms with Crippen LogP contribution in [0.25, 0.3) is 0 Å². The van der Waals surface area contributed by atoms with Crippen molar-refractivity contribution in [2.24, 2.45) is 0 Å². The topological polar surface area (TPSA) is 66.5 Å². The maximum atomic E-state index is 7.00. The molecule has 0 amide bonds. The molecular weight excluding hydrogens is 133 g/mol. The van der Waals surface area contributed by atoms with E-state index in [1.165, 1.54) is 0 Å². The molecule has 2 N–H and O–H groups in total. The lowest BCUT2D eigenvalue weighted by Gasteiger charge is -1.65. The summed E-state index contributed by atoms with van der Waals surface area (Å²) < 4.78 is 4.71. The first-order chi connectivity index (χ1) is 4.70. The first-order valence-electron chi connectivity index (χ1n) is 2.70. The standard InChI is InChI=1S/C5H7NO.BH2O2/c1-4-3-5(2)7-6-4;2-1-3/h3H,1-2H3;2-3H. The van der Waals surface area contributed by atoms with E-state index in [1.54, 1.807) is 0 Å². The lowest BCUT2D eigenvalue weighted by molar-refractivity contribution is 0.393. The van der Waals surface area contributed by atoms with Crippen molar-refractivity contribution in [2.75, 3.05) is 0 Å². The van der Waals surface area contributed by atoms with Crippen LogP contribution in [0.15, 0.2) is 10.6 Å². The van der Waals surface area contributed by atoms with Gasteiger partial charge < -0.3 is 14.6 Å². The van der Waals surface area contributed by atoms with Crippen molar-refractivity contribution in [1.29, 1.82) is 0 Å². The van der Waals surface area contributed by atoms with Crippen LogP contribution in [0.4, 0.5) is 0 Å². The molecule has 1 aromatic rings. The third-order valence-corrected chi connectivity index (χ3v) is 0.746. The molecule has 0 aliphatic heterocycles. The van der Waals surface area contributed by atoms with Crippen molar-refractivity contribution in [3.05, 3.63) is 17.5 Å². The van der Waals surface area contributed by atoms with Crippen LogP contribution in [0.2, 0.25) is 0 Å². The Hall–Kier alpha value is -0.805. The summed E-state index contributed by atoms with van der Waals surface area (Å²) in [5.74, 6) is 0.873. The quantitative estimate of drug-likeness (QED) is 0.492. The molecule has 0 atom stereocenters. The van der Waals surface area contributed by atoms with E-state index in [2.05, 4.69) is 5.16 Å². The van der Waals surface area contributed by atoms with Gasteiger partial charge in [0.1, 0.15) is 5.76 Å². The van der Waals surface area contributed by atoms with Crippen LogP contribution in [-0.4, -0.2) is 22.9 Å². The highest BCUT2D eigenvalue weighted by molar-refractivity contribution is 6.13. The Bertz CT molecular complexity index is 161. The van der Waals surface area contributed by atoms with Crippen molar-refractivity contribution < 1.29 is 14.6 Å². The molecule has 0 aromatic carbocycles. The van der Waals surface area contributed by atoms with Gasteiger partial charge in [-0.3, -0.25) is 0 Å². The molecule has 1 heterocycles. The zero-order chi connectivity index (χ0) is 7.98. The summed E-state index contributed by atoms with van der Waals surface area (Å²) in [6, 6.07) is 1.89. The summed E-state index contributed by atoms with van der Waals surface area (Å²) in [6.07, 6.45) is 0. The summed E-state index contributed by atoms with van der Waals surface area (Å²) >= 11 is 0. The van der Waals surface area contributed by atoms with E-state index in [-0.39, 0.29) is 7.69 Å². The summed E-state index contributed by atoms with van der Waals surface area (Å²) in [6.45, 7) is 3.77. The Labute approximate surface area is 59.8 Å². The summed E-state index contributed by atoms with van der Waals surface area (Å²) in [7, 11) is 0. The van der Waals surface area contributed by atoms with Gasteiger partial charge in [-0.1, -0.05) is 5.16 Å². The summed E-state index contributed by atoms with van der Waals surface area (Å²) in [5.41, 5.74) is 0.942. The van der Waals surface area contributed by atoms with Gasteiger partial charge in [0.2, 0.25) is 0 Å². The molecule has 0 saturated heterocycles. The van der Waals surface area contributed by atoms with Gasteiger partial charge in [-0.05, 0) is 13.8 Å². The Morgan fingerprint density at radius 3 is 2.10 bits per heavy atom. The second-order valence-electron chi connectivity index (χ2n) is 1.69. The van der Waals surface area contributed by atoms with Gasteiger partial charge in [-0.25, -0.2) is 0 Å². The molecular formula is C5H9BNO3. The van der Waals surface area contributed by atoms with Crippen LogP contribution in [0, 0.1) is 13.8 Å². The lowest BCUT2D eigenvalue weighted by atomic mass is 10.4. The molecule has 0 aliphatic rings. The van der Waals surface area contributed by atoms with Crippen molar-refractivity contribution in [2.45, 2.75) is 13.8 Å². The molecule has 4 nitrogen and oxygen atoms in total. The highest BCUT2D eigenvalue weighted by Crippen LogP contribution is 1.96. The molecule has 1 aromatic heterocycles. The van der Waals surface area contributed by atoms with E-state index in [1.807, 2.05) is 19.9 Å². The SMILES string of the molecule is Cc1cc(C)on1.O[B]O. The molecule has 0 spiro atoms. The molecule has 0 bridgehead atoms. The fourth-order valence-corrected chi connectivity index (χ4v) is 0.491. The lowest BCUT2D eigenvalue weighted by Crippen LogP contribution is -1.75. The van der Waals surface area contributed by atoms with Crippen LogP contribution in [0.3, 0.4) is 0 Å². The molecule has 5 heteroatoms. The number of hydrogen-bond acceptors (Lipinski definition) is 4. The van der Waals surface area contributed by atoms with E-state index in [0.717, 1.165) is 11.5 Å². The normalized spacial score (nSPS) is 8.00. The van der Waals surface area contributed by atoms with Gasteiger partial charge in [-0.2, -0.15) is 0 Å². The number of rotatable bonds is 0. The van der Waals surface area contributed by atoms with E-state index >= 15 is 0 Å². The predicted molar refractivity (Wildman–Crippen MR) is 36.2 cm³/mol. The summed E-state index contributed by atoms with van der Waals surface area (Å²) in [4.78, 5) is 0. The first-order valence-corrected chi connectivity index (χ1v) is 2.70. The van der Waals surface area contributed by atoms with Crippen LogP contribution in [0.5, 0.6) is 0 Å². The van der Waals surface area contributed by atoms with E-state index in [0.29, 0.717) is 0 Å². The molecule has 0 fully saturated rings. The predicted octanol–water partition coefficient (Wildman–Crippen LogP) is -0.203. The minimum absolute atomic E-state index is 0. The molecule has 1 radical (unpaired) electrons. The van der Waals surface area contributed by atoms with Crippen LogP contribution >= 0.6 is 0 Å². The average molecular weight is 142 g/mol. The minimum Gasteiger partial charge on any atom is -0.429 e. The van der Waals surface area contributed by atoms with Gasteiger partial charge >= 0.3 is 7.69 Å². The van der Waals surface area contributed by atoms with Crippen LogP contribution < -0.4 is 0 Å². The third-order valence-electron chi connectivity index (χ3n) is 0.746. The van der Waals surface area contributed by atoms with Gasteiger partial charge in [0.25, 0.3) is 0 Å². The average Bonchev–Trinajstić information content (AvgIpc) is 2.17. The Morgan fingerprint density at radius 2 is 2.00 bits per heavy atom. The molecule has 0 aliphatic carbocycles. The second kappa shape index (κ2) is 5.02. The van der Waals surface area contributed by atoms with Crippen molar-refractivity contribution in [3.63, 3.8) is 0 Å². The molecule has 10 heavy (non-hydrogen) atoms. The van der Waals surface area contributed by atoms with E-state index < -0.39 is 0 Å². The zero-order valence-electron chi connectivity index (χ0n) is 5.90. The maximum absolute atomic E-state index is 7.00. The van der Waals surface area contributed by atoms with E-state index in [4.69, 9.17) is 14.6 Å². The van der Waals surface area contributed by atoms with Crippen molar-refractivity contribution in [1.82, 2.24) is 5.16 Å². The van der Waals surface area contributed by atoms with E-state index in [9.17, 15) is 0 Å². The molecule has 0 unspecified atom stereocenters. The number of aromatic nitrogens is 1. The van der Waals surface area contributed by atoms with Gasteiger partial charge in [0.05, 0.1) is 5.69 Å². The fourth-order valence-electron chi connectivity index (χ4n) is 0.491. The third kappa shape index (κ3) is 4.11. The Balaban J connectivity index is 0.000000236. The second-order valence-corrected chi connectivity index (χ2v) is 1.69. The van der Waals surface area contributed by atoms with Crippen LogP contribution in [0.1, 0.15) is 11.5 Å². The molecule has 0 saturated carbocycles. The monoisotopic (exact) mass is 142 g/mol. The van der Waals surface area contributed by atoms with Crippen LogP contribution in [-0.2, 0) is 0 Å². The Morgan fingerprint density at radius 1 is 1.50 bits per heavy atom. The van der Waals surface area contributed by atoms with Gasteiger partial charge in [0, 0.05) is 6.07 Å². The number of aryl methyl sites for hydroxylation is 2. The maximum Gasteiger partial charge on any atom is 0.482 e. The number of hydrogen-bond donors (Lipinski definition) is 2. The first kappa shape index (κ1) is 9.19. The Kier molecular flexibility index (Phi) is 4.61. The summed E-state index contributed by atoms with van der Waals surface area (Å²) in [5, 5.41) is 17.6. The smallest absolute Gasteiger partial charge is 0.429 e. The fraction of sp³-hybridized carbons (Fsp3) is 0.400. The molecule has 55 valence electrons. The highest BCUT2D eigenvalue weighted by Gasteiger charge is 1.88. The largest absolute Gasteiger partial charge is 0.482 e. The highest BCUT2D eigenvalue weighted by atomic mass is 16.5. The zero-order valence-corrected chi connectivity index (χ0v) is 5.90. The molecule has 1 rings (SSSR count). The van der Waals surface area contributed by atoms with Gasteiger partial charge in [0.15, 0.2) is 0 Å². The minimum atomic E-state index is 0. The van der Waals surface area contributed by atoms with Gasteiger partial charge in [-0.15, -0.1) is 0 Å². The number of nitrogens with zero attached hydrogens (tertiary/aromatic N) is 1. The van der Waals surface area contributed by atoms with Crippen molar-refractivity contribution >= 4 is 7.69 Å².